The number of furan rings is 1. The second-order valence-corrected chi connectivity index (χ2v) is 3.34. The summed E-state index contributed by atoms with van der Waals surface area (Å²) in [4.78, 5) is 9.82. The molecular weight excluding hydrogens is 226 g/mol. The van der Waals surface area contributed by atoms with Crippen LogP contribution in [0, 0.1) is 10.1 Å². The molecule has 2 heterocycles. The normalized spacial score (nSPS) is 10.6. The van der Waals surface area contributed by atoms with E-state index in [9.17, 15) is 10.1 Å². The van der Waals surface area contributed by atoms with Crippen LogP contribution < -0.4 is 5.32 Å². The predicted octanol–water partition coefficient (Wildman–Crippen LogP) is 0.569. The molecule has 8 nitrogen and oxygen atoms in total. The Morgan fingerprint density at radius 3 is 3.06 bits per heavy atom. The van der Waals surface area contributed by atoms with Crippen molar-refractivity contribution in [2.24, 2.45) is 0 Å². The highest BCUT2D eigenvalue weighted by Gasteiger charge is 2.10. The molecule has 0 fully saturated rings. The molecule has 8 heteroatoms. The van der Waals surface area contributed by atoms with E-state index in [2.05, 4.69) is 15.6 Å². The highest BCUT2D eigenvalue weighted by Crippen LogP contribution is 2.14. The van der Waals surface area contributed by atoms with Crippen LogP contribution >= 0.6 is 0 Å². The molecule has 2 aromatic rings. The first-order chi connectivity index (χ1) is 8.25. The standard InChI is InChI=1S/C9H11N5O3/c15-14(16)9-2-1-8(17-9)7-10-3-5-13-6-4-11-12-13/h1-2,4,6,10H,3,5,7H2. The first-order valence-corrected chi connectivity index (χ1v) is 5.03. The first-order valence-electron chi connectivity index (χ1n) is 5.03. The van der Waals surface area contributed by atoms with Gasteiger partial charge >= 0.3 is 5.88 Å². The minimum Gasteiger partial charge on any atom is -0.404 e. The fourth-order valence-electron chi connectivity index (χ4n) is 1.32. The SMILES string of the molecule is O=[N+]([O-])c1ccc(CNCCn2ccnn2)o1. The highest BCUT2D eigenvalue weighted by atomic mass is 16.6. The summed E-state index contributed by atoms with van der Waals surface area (Å²) in [6.45, 7) is 1.81. The molecule has 0 spiro atoms. The maximum absolute atomic E-state index is 10.4. The smallest absolute Gasteiger partial charge is 0.404 e. The Labute approximate surface area is 96.4 Å². The van der Waals surface area contributed by atoms with Gasteiger partial charge in [-0.05, 0) is 6.07 Å². The van der Waals surface area contributed by atoms with Gasteiger partial charge in [-0.15, -0.1) is 5.10 Å². The molecule has 0 aliphatic heterocycles. The lowest BCUT2D eigenvalue weighted by atomic mass is 10.4. The fourth-order valence-corrected chi connectivity index (χ4v) is 1.32. The van der Waals surface area contributed by atoms with Crippen molar-refractivity contribution in [2.75, 3.05) is 6.54 Å². The fraction of sp³-hybridized carbons (Fsp3) is 0.333. The largest absolute Gasteiger partial charge is 0.433 e. The average Bonchev–Trinajstić information content (AvgIpc) is 2.96. The number of hydrogen-bond donors (Lipinski definition) is 1. The molecule has 0 aliphatic rings. The van der Waals surface area contributed by atoms with Crippen molar-refractivity contribution >= 4 is 5.88 Å². The maximum Gasteiger partial charge on any atom is 0.433 e. The molecule has 0 saturated carbocycles. The van der Waals surface area contributed by atoms with Gasteiger partial charge in [0.05, 0.1) is 25.4 Å². The van der Waals surface area contributed by atoms with Crippen LogP contribution in [0.15, 0.2) is 28.9 Å². The summed E-state index contributed by atoms with van der Waals surface area (Å²) < 4.78 is 6.68. The van der Waals surface area contributed by atoms with E-state index in [-0.39, 0.29) is 5.88 Å². The van der Waals surface area contributed by atoms with Crippen LogP contribution in [-0.2, 0) is 13.1 Å². The third-order valence-corrected chi connectivity index (χ3v) is 2.12. The Kier molecular flexibility index (Phi) is 3.46. The van der Waals surface area contributed by atoms with Crippen molar-refractivity contribution in [3.63, 3.8) is 0 Å². The molecule has 90 valence electrons. The van der Waals surface area contributed by atoms with Crippen LogP contribution in [-0.4, -0.2) is 26.5 Å². The third-order valence-electron chi connectivity index (χ3n) is 2.12. The van der Waals surface area contributed by atoms with E-state index in [1.165, 1.54) is 6.07 Å². The molecule has 2 aromatic heterocycles. The number of aromatic nitrogens is 3. The molecular formula is C9H11N5O3. The molecule has 0 saturated heterocycles. The molecule has 0 aromatic carbocycles. The van der Waals surface area contributed by atoms with Gasteiger partial charge in [0.15, 0.2) is 0 Å². The van der Waals surface area contributed by atoms with Crippen LogP contribution in [0.25, 0.3) is 0 Å². The van der Waals surface area contributed by atoms with E-state index in [4.69, 9.17) is 4.42 Å². The number of nitrogens with zero attached hydrogens (tertiary/aromatic N) is 4. The van der Waals surface area contributed by atoms with E-state index in [1.807, 2.05) is 0 Å². The molecule has 0 bridgehead atoms. The summed E-state index contributed by atoms with van der Waals surface area (Å²) in [7, 11) is 0. The summed E-state index contributed by atoms with van der Waals surface area (Å²) in [6.07, 6.45) is 3.37. The molecule has 0 radical (unpaired) electrons. The van der Waals surface area contributed by atoms with E-state index in [0.29, 0.717) is 25.4 Å². The van der Waals surface area contributed by atoms with Crippen LogP contribution in [0.4, 0.5) is 5.88 Å². The quantitative estimate of drug-likeness (QED) is 0.448. The first kappa shape index (κ1) is 11.3. The van der Waals surface area contributed by atoms with E-state index in [0.717, 1.165) is 0 Å². The molecule has 0 amide bonds. The molecule has 1 N–H and O–H groups in total. The lowest BCUT2D eigenvalue weighted by Crippen LogP contribution is -2.19. The van der Waals surface area contributed by atoms with Crippen molar-refractivity contribution in [1.82, 2.24) is 20.3 Å². The molecule has 2 rings (SSSR count). The topological polar surface area (TPSA) is 99.0 Å². The Morgan fingerprint density at radius 1 is 1.53 bits per heavy atom. The minimum atomic E-state index is -0.557. The van der Waals surface area contributed by atoms with Crippen molar-refractivity contribution in [3.05, 3.63) is 40.4 Å². The maximum atomic E-state index is 10.4. The lowest BCUT2D eigenvalue weighted by Gasteiger charge is -2.01. The zero-order chi connectivity index (χ0) is 12.1. The molecule has 17 heavy (non-hydrogen) atoms. The van der Waals surface area contributed by atoms with Crippen molar-refractivity contribution in [2.45, 2.75) is 13.1 Å². The zero-order valence-electron chi connectivity index (χ0n) is 8.94. The van der Waals surface area contributed by atoms with Gasteiger partial charge < -0.3 is 9.73 Å². The summed E-state index contributed by atoms with van der Waals surface area (Å²) in [5.74, 6) is 0.299. The molecule has 0 atom stereocenters. The van der Waals surface area contributed by atoms with Crippen LogP contribution in [0.1, 0.15) is 5.76 Å². The number of nitro groups is 1. The van der Waals surface area contributed by atoms with Gasteiger partial charge in [0, 0.05) is 12.7 Å². The van der Waals surface area contributed by atoms with Crippen molar-refractivity contribution < 1.29 is 9.34 Å². The predicted molar refractivity (Wildman–Crippen MR) is 57.1 cm³/mol. The lowest BCUT2D eigenvalue weighted by molar-refractivity contribution is -0.402. The summed E-state index contributed by atoms with van der Waals surface area (Å²) in [6, 6.07) is 2.93. The summed E-state index contributed by atoms with van der Waals surface area (Å²) >= 11 is 0. The highest BCUT2D eigenvalue weighted by molar-refractivity contribution is 5.17. The summed E-state index contributed by atoms with van der Waals surface area (Å²) in [5.41, 5.74) is 0. The molecule has 0 unspecified atom stereocenters. The van der Waals surface area contributed by atoms with Crippen LogP contribution in [0.2, 0.25) is 0 Å². The third kappa shape index (κ3) is 3.11. The Balaban J connectivity index is 1.72. The second kappa shape index (κ2) is 5.21. The average molecular weight is 237 g/mol. The number of hydrogen-bond acceptors (Lipinski definition) is 6. The van der Waals surface area contributed by atoms with Gasteiger partial charge in [-0.1, -0.05) is 5.21 Å². The monoisotopic (exact) mass is 237 g/mol. The van der Waals surface area contributed by atoms with Gasteiger partial charge in [0.2, 0.25) is 0 Å². The molecule has 0 aliphatic carbocycles. The van der Waals surface area contributed by atoms with E-state index < -0.39 is 4.92 Å². The van der Waals surface area contributed by atoms with Gasteiger partial charge in [0.25, 0.3) is 0 Å². The van der Waals surface area contributed by atoms with Gasteiger partial charge in [-0.25, -0.2) is 0 Å². The zero-order valence-corrected chi connectivity index (χ0v) is 8.94. The number of rotatable bonds is 6. The minimum absolute atomic E-state index is 0.238. The van der Waals surface area contributed by atoms with Gasteiger partial charge in [0.1, 0.15) is 10.7 Å². The Hall–Kier alpha value is -2.22. The Bertz CT molecular complexity index is 479. The van der Waals surface area contributed by atoms with Crippen molar-refractivity contribution in [3.8, 4) is 0 Å². The second-order valence-electron chi connectivity index (χ2n) is 3.34. The Morgan fingerprint density at radius 2 is 2.41 bits per heavy atom. The van der Waals surface area contributed by atoms with Crippen LogP contribution in [0.3, 0.4) is 0 Å². The summed E-state index contributed by atoms with van der Waals surface area (Å²) in [5, 5.41) is 20.9. The van der Waals surface area contributed by atoms with Crippen LogP contribution in [0.5, 0.6) is 0 Å². The van der Waals surface area contributed by atoms with Gasteiger partial charge in [-0.3, -0.25) is 14.8 Å². The van der Waals surface area contributed by atoms with Gasteiger partial charge in [-0.2, -0.15) is 0 Å². The number of nitrogens with one attached hydrogen (secondary N) is 1. The van der Waals surface area contributed by atoms with Crippen molar-refractivity contribution in [1.29, 1.82) is 0 Å². The van der Waals surface area contributed by atoms with E-state index in [1.54, 1.807) is 23.1 Å². The van der Waals surface area contributed by atoms with E-state index >= 15 is 0 Å².